The quantitative estimate of drug-likeness (QED) is 0.152. The van der Waals surface area contributed by atoms with E-state index < -0.39 is 5.41 Å². The Hall–Kier alpha value is -16.2. The SMILES string of the molecule is CC1(C)c2ccccc2-c2ccc(N3c4ccccc4C(C)(C)c4cc(-c5ccc6oc7ccccc7c6c5)ccc43)cc21.CC1(C)c2ccccc2-c2ccc(N3c4ccccc4C(c4ccccc4)(c4ccccc4)c4cc(-c5ccc6sc7ccccc7c6c5)ccc43)cc21.CC1(C)c2ccccc2N(c2ccc3c(c2)sc2ccccc23)c2ccc(-n3c4ccccc4c4c5ccccc5sc43)cc21. The minimum Gasteiger partial charge on any atom is -0.456 e. The van der Waals surface area contributed by atoms with Crippen LogP contribution < -0.4 is 14.7 Å². The van der Waals surface area contributed by atoms with Crippen molar-refractivity contribution in [1.29, 1.82) is 0 Å². The Labute approximate surface area is 844 Å². The number of aromatic nitrogens is 1. The van der Waals surface area contributed by atoms with E-state index in [1.165, 1.54) is 240 Å². The van der Waals surface area contributed by atoms with Gasteiger partial charge in [0.15, 0.2) is 0 Å². The van der Waals surface area contributed by atoms with Crippen LogP contribution in [0.15, 0.2) is 453 Å². The Morgan fingerprint density at radius 3 is 1.17 bits per heavy atom. The second-order valence-electron chi connectivity index (χ2n) is 41.3. The van der Waals surface area contributed by atoms with Gasteiger partial charge >= 0.3 is 0 Å². The van der Waals surface area contributed by atoms with Crippen LogP contribution in [0.25, 0.3) is 144 Å². The van der Waals surface area contributed by atoms with Crippen molar-refractivity contribution in [3.05, 3.63) is 516 Å². The highest BCUT2D eigenvalue weighted by Crippen LogP contribution is 2.63. The van der Waals surface area contributed by atoms with Crippen molar-refractivity contribution in [3.8, 4) is 50.2 Å². The van der Waals surface area contributed by atoms with Crippen molar-refractivity contribution in [1.82, 2.24) is 4.57 Å². The fraction of sp³-hybridized carbons (Fsp3) is 0.0963. The summed E-state index contributed by atoms with van der Waals surface area (Å²) in [6.07, 6.45) is 0. The maximum absolute atomic E-state index is 6.13. The highest BCUT2D eigenvalue weighted by atomic mass is 32.1. The number of furan rings is 1. The lowest BCUT2D eigenvalue weighted by Crippen LogP contribution is -2.37. The molecule has 0 atom stereocenters. The minimum atomic E-state index is -0.563. The number of hydrogen-bond donors (Lipinski definition) is 0. The Kier molecular flexibility index (Phi) is 18.9. The summed E-state index contributed by atoms with van der Waals surface area (Å²) in [6, 6.07) is 167. The molecule has 0 unspecified atom stereocenters. The number of para-hydroxylation sites is 5. The molecule has 0 amide bonds. The summed E-state index contributed by atoms with van der Waals surface area (Å²) in [5, 5.41) is 11.6. The molecule has 0 fully saturated rings. The molecule has 3 aliphatic heterocycles. The first-order valence-corrected chi connectivity index (χ1v) is 52.3. The second kappa shape index (κ2) is 31.9. The van der Waals surface area contributed by atoms with Crippen molar-refractivity contribution in [2.45, 2.75) is 82.5 Å². The summed E-state index contributed by atoms with van der Waals surface area (Å²) >= 11 is 5.64. The number of rotatable bonds is 8. The van der Waals surface area contributed by atoms with E-state index in [0.717, 1.165) is 21.9 Å². The van der Waals surface area contributed by atoms with E-state index in [9.17, 15) is 0 Å². The Morgan fingerprint density at radius 2 is 0.566 bits per heavy atom. The first-order valence-electron chi connectivity index (χ1n) is 49.8. The van der Waals surface area contributed by atoms with Crippen molar-refractivity contribution in [2.24, 2.45) is 0 Å². The van der Waals surface area contributed by atoms with Gasteiger partial charge in [0, 0.05) is 116 Å². The Morgan fingerprint density at radius 1 is 0.203 bits per heavy atom. The molecular formula is C135H98N4OS3. The van der Waals surface area contributed by atoms with E-state index in [4.69, 9.17) is 4.42 Å². The van der Waals surface area contributed by atoms with Gasteiger partial charge in [-0.25, -0.2) is 0 Å². The van der Waals surface area contributed by atoms with Gasteiger partial charge in [-0.3, -0.25) is 0 Å². The first kappa shape index (κ1) is 84.8. The van der Waals surface area contributed by atoms with E-state index in [0.29, 0.717) is 0 Å². The molecule has 25 aromatic rings. The molecule has 0 saturated heterocycles. The van der Waals surface area contributed by atoms with Gasteiger partial charge in [0.2, 0.25) is 0 Å². The monoisotopic (exact) mass is 1890 g/mol. The van der Waals surface area contributed by atoms with Gasteiger partial charge in [0.25, 0.3) is 0 Å². The number of benzene rings is 20. The minimum absolute atomic E-state index is 0.0564. The number of thiophene rings is 3. The zero-order chi connectivity index (χ0) is 95.7. The van der Waals surface area contributed by atoms with Gasteiger partial charge in [0.05, 0.1) is 45.1 Å². The third kappa shape index (κ3) is 12.7. The lowest BCUT2D eigenvalue weighted by atomic mass is 9.62. The summed E-state index contributed by atoms with van der Waals surface area (Å²) in [7, 11) is 0. The number of anilines is 9. The number of hydrogen-bond acceptors (Lipinski definition) is 7. The van der Waals surface area contributed by atoms with Crippen molar-refractivity contribution in [2.75, 3.05) is 14.7 Å². The van der Waals surface area contributed by atoms with Crippen LogP contribution >= 0.6 is 34.0 Å². The molecule has 0 saturated carbocycles. The van der Waals surface area contributed by atoms with Crippen molar-refractivity contribution < 1.29 is 4.42 Å². The van der Waals surface area contributed by atoms with Crippen molar-refractivity contribution in [3.63, 3.8) is 0 Å². The molecule has 143 heavy (non-hydrogen) atoms. The van der Waals surface area contributed by atoms with Gasteiger partial charge < -0.3 is 23.7 Å². The summed E-state index contributed by atoms with van der Waals surface area (Å²) < 4.78 is 15.3. The van der Waals surface area contributed by atoms with E-state index in [1.807, 2.05) is 46.1 Å². The van der Waals surface area contributed by atoms with Gasteiger partial charge in [-0.15, -0.1) is 34.0 Å². The summed E-state index contributed by atoms with van der Waals surface area (Å²) in [5.41, 5.74) is 40.4. The standard InChI is InChI=1S/C52H37NS.C42H33NO.C41H28N2S2/c1-51(2)43-21-11-9-19-39(43)40-28-27-38(33-45(40)51)53-47-23-13-12-22-44(47)52(36-15-5-3-6-16-36,37-17-7-4-8-18-37)46-32-35(25-29-48(46)53)34-26-30-50-42(31-34)41-20-10-14-24-49(41)54-50;1-41(2)33-13-7-5-11-29(33)30-20-19-28(25-35(30)41)43-37-15-9-8-14-34(37)42(3,4)36-24-27(17-21-38(36)43)26-18-22-40-32(23-26)31-12-6-10-16-39(31)44-40;1-41(2)31-14-6-8-16-34(31)42(26-19-21-28-27-11-4-9-17-36(27)44-38(28)24-26)35-22-20-25(23-32(35)41)43-33-15-7-3-12-29(33)39-30-13-5-10-18-37(30)45-40(39)43/h3-33H,1-2H3;5-25H,1-4H3;3-24H,1-2H3. The smallest absolute Gasteiger partial charge is 0.135 e. The Balaban J connectivity index is 0.000000105. The molecule has 8 heteroatoms. The molecule has 5 aromatic heterocycles. The third-order valence-corrected chi connectivity index (χ3v) is 35.6. The van der Waals surface area contributed by atoms with Crippen LogP contribution in [0, 0.1) is 0 Å². The summed E-state index contributed by atoms with van der Waals surface area (Å²) in [4.78, 5) is 8.78. The third-order valence-electron chi connectivity index (χ3n) is 32.2. The molecule has 0 bridgehead atoms. The molecule has 20 aromatic carbocycles. The predicted molar refractivity (Wildman–Crippen MR) is 608 cm³/mol. The van der Waals surface area contributed by atoms with Gasteiger partial charge in [-0.1, -0.05) is 353 Å². The molecule has 0 radical (unpaired) electrons. The fourth-order valence-electron chi connectivity index (χ4n) is 25.2. The topological polar surface area (TPSA) is 27.8 Å². The molecule has 8 heterocycles. The molecule has 5 nitrogen and oxygen atoms in total. The molecule has 0 N–H and O–H groups in total. The van der Waals surface area contributed by atoms with E-state index in [1.54, 1.807) is 0 Å². The highest BCUT2D eigenvalue weighted by Gasteiger charge is 2.49. The zero-order valence-corrected chi connectivity index (χ0v) is 83.1. The zero-order valence-electron chi connectivity index (χ0n) is 80.6. The lowest BCUT2D eigenvalue weighted by molar-refractivity contribution is 0.631. The van der Waals surface area contributed by atoms with E-state index in [-0.39, 0.29) is 21.7 Å². The van der Waals surface area contributed by atoms with Crippen LogP contribution in [0.2, 0.25) is 0 Å². The lowest BCUT2D eigenvalue weighted by Gasteiger charge is -2.46. The number of fused-ring (bicyclic) bond motifs is 26. The number of nitrogens with zero attached hydrogens (tertiary/aromatic N) is 4. The normalized spacial score (nSPS) is 14.8. The maximum atomic E-state index is 6.13. The van der Waals surface area contributed by atoms with E-state index >= 15 is 0 Å². The van der Waals surface area contributed by atoms with Crippen LogP contribution in [0.5, 0.6) is 0 Å². The van der Waals surface area contributed by atoms with Gasteiger partial charge in [0.1, 0.15) is 16.0 Å². The van der Waals surface area contributed by atoms with Crippen LogP contribution in [0.3, 0.4) is 0 Å². The van der Waals surface area contributed by atoms with Crippen LogP contribution in [0.4, 0.5) is 51.2 Å². The molecule has 2 aliphatic carbocycles. The fourth-order valence-corrected chi connectivity index (χ4v) is 28.7. The maximum Gasteiger partial charge on any atom is 0.135 e. The average Bonchev–Trinajstić information content (AvgIpc) is 1.69. The average molecular weight is 1890 g/mol. The van der Waals surface area contributed by atoms with Gasteiger partial charge in [-0.2, -0.15) is 0 Å². The predicted octanol–water partition coefficient (Wildman–Crippen LogP) is 38.3. The second-order valence-corrected chi connectivity index (χ2v) is 44.5. The van der Waals surface area contributed by atoms with Crippen molar-refractivity contribution >= 4 is 179 Å². The van der Waals surface area contributed by atoms with Crippen LogP contribution in [-0.2, 0) is 27.1 Å². The molecule has 5 aliphatic rings. The Bertz CT molecular complexity index is 9570. The van der Waals surface area contributed by atoms with E-state index in [2.05, 4.69) is 511 Å². The highest BCUT2D eigenvalue weighted by molar-refractivity contribution is 7.26. The molecule has 0 spiro atoms. The molecule has 30 rings (SSSR count). The van der Waals surface area contributed by atoms with Gasteiger partial charge in [-0.05, 0) is 263 Å². The molecular weight excluding hydrogens is 1790 g/mol. The molecule has 682 valence electrons. The summed E-state index contributed by atoms with van der Waals surface area (Å²) in [5.74, 6) is 0. The summed E-state index contributed by atoms with van der Waals surface area (Å²) in [6.45, 7) is 18.9. The van der Waals surface area contributed by atoms with Crippen LogP contribution in [-0.4, -0.2) is 4.57 Å². The first-order chi connectivity index (χ1) is 69.9. The largest absolute Gasteiger partial charge is 0.456 e. The van der Waals surface area contributed by atoms with Crippen LogP contribution in [0.1, 0.15) is 122 Å².